The van der Waals surface area contributed by atoms with E-state index >= 15 is 0 Å². The third-order valence-corrected chi connectivity index (χ3v) is 2.80. The number of rotatable bonds is 8. The Labute approximate surface area is 108 Å². The first-order valence-electron chi connectivity index (χ1n) is 5.89. The number of nitrogens with one attached hydrogen (secondary N) is 1. The summed E-state index contributed by atoms with van der Waals surface area (Å²) in [5.41, 5.74) is 1.01. The Hall–Kier alpha value is -0.770. The zero-order valence-corrected chi connectivity index (χ0v) is 11.2. The molecule has 17 heavy (non-hydrogen) atoms. The van der Waals surface area contributed by atoms with Crippen molar-refractivity contribution in [3.63, 3.8) is 0 Å². The molecule has 0 aliphatic rings. The highest BCUT2D eigenvalue weighted by molar-refractivity contribution is 6.31. The second-order valence-corrected chi connectivity index (χ2v) is 4.06. The van der Waals surface area contributed by atoms with Crippen molar-refractivity contribution < 1.29 is 9.47 Å². The lowest BCUT2D eigenvalue weighted by atomic mass is 10.2. The van der Waals surface area contributed by atoms with E-state index in [1.54, 1.807) is 7.11 Å². The topological polar surface area (TPSA) is 30.5 Å². The van der Waals surface area contributed by atoms with Crippen LogP contribution >= 0.6 is 11.6 Å². The predicted octanol–water partition coefficient (Wildman–Crippen LogP) is 2.86. The van der Waals surface area contributed by atoms with Crippen LogP contribution in [-0.2, 0) is 11.3 Å². The summed E-state index contributed by atoms with van der Waals surface area (Å²) < 4.78 is 10.5. The van der Waals surface area contributed by atoms with Gasteiger partial charge in [0.1, 0.15) is 5.75 Å². The molecule has 0 bridgehead atoms. The summed E-state index contributed by atoms with van der Waals surface area (Å²) in [6.07, 6.45) is 1.00. The smallest absolute Gasteiger partial charge is 0.124 e. The Balaban J connectivity index is 2.35. The highest BCUT2D eigenvalue weighted by Gasteiger charge is 2.06. The quantitative estimate of drug-likeness (QED) is 0.727. The van der Waals surface area contributed by atoms with Gasteiger partial charge in [-0.25, -0.2) is 0 Å². The van der Waals surface area contributed by atoms with Crippen LogP contribution in [0.5, 0.6) is 5.75 Å². The average Bonchev–Trinajstić information content (AvgIpc) is 2.35. The lowest BCUT2D eigenvalue weighted by molar-refractivity contribution is 0.144. The molecule has 0 aromatic heterocycles. The van der Waals surface area contributed by atoms with Crippen LogP contribution in [0.4, 0.5) is 0 Å². The van der Waals surface area contributed by atoms with Crippen molar-refractivity contribution in [1.29, 1.82) is 0 Å². The molecule has 96 valence electrons. The van der Waals surface area contributed by atoms with Gasteiger partial charge in [0.05, 0.1) is 7.11 Å². The minimum atomic E-state index is 0.717. The van der Waals surface area contributed by atoms with Crippen molar-refractivity contribution in [1.82, 2.24) is 5.32 Å². The lowest BCUT2D eigenvalue weighted by Gasteiger charge is -2.11. The Morgan fingerprint density at radius 1 is 1.35 bits per heavy atom. The number of benzene rings is 1. The number of hydrogen-bond acceptors (Lipinski definition) is 3. The summed E-state index contributed by atoms with van der Waals surface area (Å²) in [6.45, 7) is 5.20. The zero-order valence-electron chi connectivity index (χ0n) is 10.5. The molecule has 0 heterocycles. The van der Waals surface area contributed by atoms with Crippen LogP contribution in [0.15, 0.2) is 18.2 Å². The van der Waals surface area contributed by atoms with E-state index in [0.717, 1.165) is 49.1 Å². The largest absolute Gasteiger partial charge is 0.496 e. The van der Waals surface area contributed by atoms with E-state index in [2.05, 4.69) is 5.32 Å². The Morgan fingerprint density at radius 3 is 2.88 bits per heavy atom. The molecule has 0 radical (unpaired) electrons. The Kier molecular flexibility index (Phi) is 7.01. The van der Waals surface area contributed by atoms with Crippen LogP contribution in [0.3, 0.4) is 0 Å². The first-order valence-corrected chi connectivity index (χ1v) is 6.27. The van der Waals surface area contributed by atoms with Crippen LogP contribution in [0, 0.1) is 0 Å². The standard InChI is InChI=1S/C13H20ClNO2/c1-3-17-9-5-8-15-10-11-12(14)6-4-7-13(11)16-2/h4,6-7,15H,3,5,8-10H2,1-2H3. The van der Waals surface area contributed by atoms with Crippen molar-refractivity contribution in [2.45, 2.75) is 19.9 Å². The van der Waals surface area contributed by atoms with Gasteiger partial charge in [0.25, 0.3) is 0 Å². The molecule has 0 unspecified atom stereocenters. The zero-order chi connectivity index (χ0) is 12.5. The molecule has 0 fully saturated rings. The van der Waals surface area contributed by atoms with Gasteiger partial charge in [-0.15, -0.1) is 0 Å². The van der Waals surface area contributed by atoms with Crippen molar-refractivity contribution in [3.8, 4) is 5.75 Å². The molecule has 1 rings (SSSR count). The fraction of sp³-hybridized carbons (Fsp3) is 0.538. The maximum absolute atomic E-state index is 6.13. The maximum Gasteiger partial charge on any atom is 0.124 e. The number of ether oxygens (including phenoxy) is 2. The monoisotopic (exact) mass is 257 g/mol. The highest BCUT2D eigenvalue weighted by Crippen LogP contribution is 2.25. The molecule has 0 aliphatic heterocycles. The van der Waals surface area contributed by atoms with E-state index in [1.807, 2.05) is 25.1 Å². The fourth-order valence-electron chi connectivity index (χ4n) is 1.56. The van der Waals surface area contributed by atoms with Crippen LogP contribution in [0.2, 0.25) is 5.02 Å². The van der Waals surface area contributed by atoms with Gasteiger partial charge in [-0.2, -0.15) is 0 Å². The van der Waals surface area contributed by atoms with Crippen molar-refractivity contribution in [2.75, 3.05) is 26.9 Å². The normalized spacial score (nSPS) is 10.5. The molecular formula is C13H20ClNO2. The summed E-state index contributed by atoms with van der Waals surface area (Å²) in [4.78, 5) is 0. The molecule has 0 amide bonds. The maximum atomic E-state index is 6.13. The summed E-state index contributed by atoms with van der Waals surface area (Å²) in [7, 11) is 1.66. The number of hydrogen-bond donors (Lipinski definition) is 1. The molecule has 0 spiro atoms. The second-order valence-electron chi connectivity index (χ2n) is 3.65. The van der Waals surface area contributed by atoms with E-state index in [0.29, 0.717) is 0 Å². The van der Waals surface area contributed by atoms with E-state index in [4.69, 9.17) is 21.1 Å². The third kappa shape index (κ3) is 4.94. The number of halogens is 1. The van der Waals surface area contributed by atoms with Crippen LogP contribution in [-0.4, -0.2) is 26.9 Å². The molecule has 0 saturated carbocycles. The van der Waals surface area contributed by atoms with Crippen LogP contribution < -0.4 is 10.1 Å². The van der Waals surface area contributed by atoms with Gasteiger partial charge in [-0.05, 0) is 32.0 Å². The predicted molar refractivity (Wildman–Crippen MR) is 70.8 cm³/mol. The van der Waals surface area contributed by atoms with Gasteiger partial charge in [-0.3, -0.25) is 0 Å². The second kappa shape index (κ2) is 8.34. The van der Waals surface area contributed by atoms with E-state index < -0.39 is 0 Å². The van der Waals surface area contributed by atoms with Gasteiger partial charge in [0.2, 0.25) is 0 Å². The lowest BCUT2D eigenvalue weighted by Crippen LogP contribution is -2.17. The molecule has 0 atom stereocenters. The molecule has 1 N–H and O–H groups in total. The van der Waals surface area contributed by atoms with Gasteiger partial charge >= 0.3 is 0 Å². The number of methoxy groups -OCH3 is 1. The van der Waals surface area contributed by atoms with E-state index in [1.165, 1.54) is 0 Å². The Bertz CT molecular complexity index is 331. The van der Waals surface area contributed by atoms with Gasteiger partial charge in [-0.1, -0.05) is 17.7 Å². The minimum Gasteiger partial charge on any atom is -0.496 e. The summed E-state index contributed by atoms with van der Waals surface area (Å²) in [6, 6.07) is 5.68. The van der Waals surface area contributed by atoms with Crippen molar-refractivity contribution in [3.05, 3.63) is 28.8 Å². The van der Waals surface area contributed by atoms with Gasteiger partial charge in [0, 0.05) is 30.3 Å². The Morgan fingerprint density at radius 2 is 2.18 bits per heavy atom. The molecule has 3 nitrogen and oxygen atoms in total. The molecule has 1 aromatic carbocycles. The summed E-state index contributed by atoms with van der Waals surface area (Å²) in [5, 5.41) is 4.07. The fourth-order valence-corrected chi connectivity index (χ4v) is 1.79. The first-order chi connectivity index (χ1) is 8.29. The summed E-state index contributed by atoms with van der Waals surface area (Å²) >= 11 is 6.13. The SMILES string of the molecule is CCOCCCNCc1c(Cl)cccc1OC. The summed E-state index contributed by atoms with van der Waals surface area (Å²) in [5.74, 6) is 0.829. The van der Waals surface area contributed by atoms with Gasteiger partial charge < -0.3 is 14.8 Å². The molecule has 1 aromatic rings. The molecule has 0 saturated heterocycles. The highest BCUT2D eigenvalue weighted by atomic mass is 35.5. The minimum absolute atomic E-state index is 0.717. The molecule has 4 heteroatoms. The van der Waals surface area contributed by atoms with E-state index in [-0.39, 0.29) is 0 Å². The van der Waals surface area contributed by atoms with Gasteiger partial charge in [0.15, 0.2) is 0 Å². The average molecular weight is 258 g/mol. The van der Waals surface area contributed by atoms with Crippen molar-refractivity contribution in [2.24, 2.45) is 0 Å². The molecular weight excluding hydrogens is 238 g/mol. The first kappa shape index (κ1) is 14.3. The van der Waals surface area contributed by atoms with Crippen LogP contribution in [0.25, 0.3) is 0 Å². The van der Waals surface area contributed by atoms with Crippen LogP contribution in [0.1, 0.15) is 18.9 Å². The van der Waals surface area contributed by atoms with Crippen molar-refractivity contribution >= 4 is 11.6 Å². The molecule has 0 aliphatic carbocycles. The van der Waals surface area contributed by atoms with E-state index in [9.17, 15) is 0 Å². The third-order valence-electron chi connectivity index (χ3n) is 2.44.